The van der Waals surface area contributed by atoms with Gasteiger partial charge in [0, 0.05) is 42.4 Å². The van der Waals surface area contributed by atoms with Crippen molar-refractivity contribution >= 4 is 33.7 Å². The zero-order valence-electron chi connectivity index (χ0n) is 20.1. The Balaban J connectivity index is 1.42. The number of amides is 1. The number of benzene rings is 1. The number of nitrogen functional groups attached to an aromatic ring is 1. The fourth-order valence-corrected chi connectivity index (χ4v) is 5.37. The van der Waals surface area contributed by atoms with Gasteiger partial charge in [0.25, 0.3) is 0 Å². The molecule has 5 aromatic rings. The van der Waals surface area contributed by atoms with Crippen LogP contribution in [0.15, 0.2) is 67.3 Å². The van der Waals surface area contributed by atoms with E-state index in [1.54, 1.807) is 13.2 Å². The molecule has 0 saturated heterocycles. The number of pyridine rings is 2. The van der Waals surface area contributed by atoms with Crippen LogP contribution in [0.5, 0.6) is 0 Å². The van der Waals surface area contributed by atoms with Gasteiger partial charge in [0.05, 0.1) is 22.3 Å². The summed E-state index contributed by atoms with van der Waals surface area (Å²) in [5, 5.41) is 4.70. The molecule has 0 aliphatic heterocycles. The molecule has 1 fully saturated rings. The van der Waals surface area contributed by atoms with Crippen molar-refractivity contribution in [3.63, 3.8) is 0 Å². The second kappa shape index (κ2) is 9.03. The minimum Gasteiger partial charge on any atom is -0.383 e. The molecule has 1 aliphatic carbocycles. The highest BCUT2D eigenvalue weighted by molar-refractivity contribution is 6.02. The van der Waals surface area contributed by atoms with E-state index in [9.17, 15) is 4.79 Å². The van der Waals surface area contributed by atoms with Crippen LogP contribution in [0.1, 0.15) is 31.7 Å². The maximum atomic E-state index is 12.1. The van der Waals surface area contributed by atoms with Crippen LogP contribution in [-0.2, 0) is 4.79 Å². The minimum absolute atomic E-state index is 0.0760. The van der Waals surface area contributed by atoms with E-state index in [4.69, 9.17) is 10.7 Å². The summed E-state index contributed by atoms with van der Waals surface area (Å²) in [5.41, 5.74) is 11.8. The highest BCUT2D eigenvalue weighted by Crippen LogP contribution is 2.39. The van der Waals surface area contributed by atoms with Crippen molar-refractivity contribution in [2.24, 2.45) is 5.92 Å². The lowest BCUT2D eigenvalue weighted by Gasteiger charge is -2.28. The number of hydrogen-bond acceptors (Lipinski definition) is 6. The Morgan fingerprint density at radius 3 is 2.61 bits per heavy atom. The van der Waals surface area contributed by atoms with Crippen LogP contribution in [0.2, 0.25) is 0 Å². The molecule has 8 heteroatoms. The number of rotatable bonds is 4. The van der Waals surface area contributed by atoms with Crippen molar-refractivity contribution in [2.45, 2.75) is 31.7 Å². The fraction of sp³-hybridized carbons (Fsp3) is 0.250. The molecule has 1 aromatic carbocycles. The van der Waals surface area contributed by atoms with E-state index < -0.39 is 0 Å². The molecule has 1 saturated carbocycles. The number of carbonyl (C=O) groups excluding carboxylic acids is 1. The molecule has 8 nitrogen and oxygen atoms in total. The number of carbonyl (C=O) groups is 1. The normalized spacial score (nSPS) is 17.9. The maximum absolute atomic E-state index is 12.1. The van der Waals surface area contributed by atoms with Crippen molar-refractivity contribution in [3.8, 4) is 22.5 Å². The van der Waals surface area contributed by atoms with E-state index in [1.807, 2.05) is 24.3 Å². The number of nitrogens with one attached hydrogen (secondary N) is 1. The molecule has 0 atom stereocenters. The van der Waals surface area contributed by atoms with Gasteiger partial charge in [0.15, 0.2) is 0 Å². The van der Waals surface area contributed by atoms with E-state index >= 15 is 0 Å². The van der Waals surface area contributed by atoms with Crippen molar-refractivity contribution in [1.29, 1.82) is 0 Å². The van der Waals surface area contributed by atoms with Gasteiger partial charge in [-0.1, -0.05) is 24.3 Å². The Morgan fingerprint density at radius 1 is 1.00 bits per heavy atom. The molecule has 0 bridgehead atoms. The SMILES string of the molecule is CNC(=O)C1CCC(n2cc(-c3ccc4ccc(-c5ccccn5)nc4c3)c3c(N)ncnc32)CC1. The summed E-state index contributed by atoms with van der Waals surface area (Å²) in [5.74, 6) is 0.669. The monoisotopic (exact) mass is 477 g/mol. The van der Waals surface area contributed by atoms with Crippen LogP contribution in [-0.4, -0.2) is 37.5 Å². The van der Waals surface area contributed by atoms with Crippen LogP contribution >= 0.6 is 0 Å². The van der Waals surface area contributed by atoms with Crippen LogP contribution in [0.25, 0.3) is 44.5 Å². The van der Waals surface area contributed by atoms with Crippen LogP contribution in [0.4, 0.5) is 5.82 Å². The molecule has 4 heterocycles. The molecule has 0 radical (unpaired) electrons. The smallest absolute Gasteiger partial charge is 0.222 e. The van der Waals surface area contributed by atoms with Gasteiger partial charge in [0.2, 0.25) is 5.91 Å². The third-order valence-corrected chi connectivity index (χ3v) is 7.28. The van der Waals surface area contributed by atoms with Crippen molar-refractivity contribution in [2.75, 3.05) is 12.8 Å². The number of fused-ring (bicyclic) bond motifs is 2. The second-order valence-corrected chi connectivity index (χ2v) is 9.35. The summed E-state index contributed by atoms with van der Waals surface area (Å²) in [7, 11) is 1.71. The van der Waals surface area contributed by atoms with E-state index in [0.717, 1.165) is 70.1 Å². The molecule has 3 N–H and O–H groups in total. The Labute approximate surface area is 208 Å². The lowest BCUT2D eigenvalue weighted by atomic mass is 9.85. The molecule has 0 unspecified atom stereocenters. The lowest BCUT2D eigenvalue weighted by Crippen LogP contribution is -2.31. The summed E-state index contributed by atoms with van der Waals surface area (Å²) in [4.78, 5) is 30.4. The van der Waals surface area contributed by atoms with E-state index in [1.165, 1.54) is 6.33 Å². The molecule has 36 heavy (non-hydrogen) atoms. The third-order valence-electron chi connectivity index (χ3n) is 7.28. The summed E-state index contributed by atoms with van der Waals surface area (Å²) in [6.07, 6.45) is 8.99. The van der Waals surface area contributed by atoms with Crippen molar-refractivity contribution in [3.05, 3.63) is 67.3 Å². The number of hydrogen-bond donors (Lipinski definition) is 2. The molecule has 180 valence electrons. The van der Waals surface area contributed by atoms with Gasteiger partial charge >= 0.3 is 0 Å². The average Bonchev–Trinajstić information content (AvgIpc) is 3.33. The Morgan fingerprint density at radius 2 is 1.83 bits per heavy atom. The highest BCUT2D eigenvalue weighted by Gasteiger charge is 2.28. The van der Waals surface area contributed by atoms with Crippen LogP contribution in [0, 0.1) is 5.92 Å². The number of aromatic nitrogens is 5. The zero-order valence-corrected chi connectivity index (χ0v) is 20.1. The minimum atomic E-state index is 0.0760. The molecule has 1 amide bonds. The Bertz CT molecular complexity index is 1570. The summed E-state index contributed by atoms with van der Waals surface area (Å²) < 4.78 is 2.23. The highest BCUT2D eigenvalue weighted by atomic mass is 16.1. The predicted octanol–water partition coefficient (Wildman–Crippen LogP) is 4.77. The Kier molecular flexibility index (Phi) is 5.56. The topological polar surface area (TPSA) is 112 Å². The molecule has 0 spiro atoms. The van der Waals surface area contributed by atoms with Gasteiger partial charge in [-0.15, -0.1) is 0 Å². The number of nitrogens with two attached hydrogens (primary N) is 1. The quantitative estimate of drug-likeness (QED) is 0.386. The standard InChI is InChI=1S/C28H27N7O/c1-30-28(36)18-7-10-20(11-8-18)35-15-21(25-26(29)32-16-33-27(25)35)19-6-5-17-9-12-23(34-24(17)14-19)22-4-2-3-13-31-22/h2-6,9,12-16,18,20H,7-8,10-11H2,1H3,(H,30,36)(H2,29,32,33). The van der Waals surface area contributed by atoms with Gasteiger partial charge in [0.1, 0.15) is 17.8 Å². The lowest BCUT2D eigenvalue weighted by molar-refractivity contribution is -0.125. The first kappa shape index (κ1) is 22.2. The van der Waals surface area contributed by atoms with Gasteiger partial charge in [-0.3, -0.25) is 9.78 Å². The first-order valence-corrected chi connectivity index (χ1v) is 12.3. The average molecular weight is 478 g/mol. The maximum Gasteiger partial charge on any atom is 0.222 e. The summed E-state index contributed by atoms with van der Waals surface area (Å²) in [6.45, 7) is 0. The third kappa shape index (κ3) is 3.84. The van der Waals surface area contributed by atoms with E-state index in [2.05, 4.69) is 55.3 Å². The van der Waals surface area contributed by atoms with Crippen LogP contribution < -0.4 is 11.1 Å². The first-order valence-electron chi connectivity index (χ1n) is 12.3. The van der Waals surface area contributed by atoms with Crippen LogP contribution in [0.3, 0.4) is 0 Å². The molecule has 6 rings (SSSR count). The second-order valence-electron chi connectivity index (χ2n) is 9.35. The van der Waals surface area contributed by atoms with E-state index in [-0.39, 0.29) is 17.9 Å². The van der Waals surface area contributed by atoms with Crippen molar-refractivity contribution in [1.82, 2.24) is 29.8 Å². The first-order chi connectivity index (χ1) is 17.6. The summed E-state index contributed by atoms with van der Waals surface area (Å²) >= 11 is 0. The molecule has 1 aliphatic rings. The zero-order chi connectivity index (χ0) is 24.6. The van der Waals surface area contributed by atoms with Gasteiger partial charge in [-0.2, -0.15) is 0 Å². The number of nitrogens with zero attached hydrogens (tertiary/aromatic N) is 5. The largest absolute Gasteiger partial charge is 0.383 e. The van der Waals surface area contributed by atoms with E-state index in [0.29, 0.717) is 5.82 Å². The van der Waals surface area contributed by atoms with Gasteiger partial charge in [-0.05, 0) is 55.5 Å². The van der Waals surface area contributed by atoms with Gasteiger partial charge < -0.3 is 15.6 Å². The molecular formula is C28H27N7O. The fourth-order valence-electron chi connectivity index (χ4n) is 5.37. The van der Waals surface area contributed by atoms with Gasteiger partial charge in [-0.25, -0.2) is 15.0 Å². The summed E-state index contributed by atoms with van der Waals surface area (Å²) in [6, 6.07) is 16.4. The number of anilines is 1. The Hall–Kier alpha value is -4.33. The molecule has 4 aromatic heterocycles. The van der Waals surface area contributed by atoms with Crippen molar-refractivity contribution < 1.29 is 4.79 Å². The molecular weight excluding hydrogens is 450 g/mol. The predicted molar refractivity (Wildman–Crippen MR) is 141 cm³/mol.